The third kappa shape index (κ3) is 4.00. The van der Waals surface area contributed by atoms with Gasteiger partial charge in [-0.05, 0) is 30.3 Å². The summed E-state index contributed by atoms with van der Waals surface area (Å²) >= 11 is 0. The lowest BCUT2D eigenvalue weighted by Crippen LogP contribution is -2.20. The number of benzene rings is 2. The average molecular weight is 290 g/mol. The van der Waals surface area contributed by atoms with Crippen LogP contribution in [0, 0.1) is 15.9 Å². The van der Waals surface area contributed by atoms with Crippen LogP contribution in [-0.2, 0) is 4.79 Å². The summed E-state index contributed by atoms with van der Waals surface area (Å²) in [7, 11) is 0. The lowest BCUT2D eigenvalue weighted by molar-refractivity contribution is -0.385. The highest BCUT2D eigenvalue weighted by atomic mass is 19.1. The van der Waals surface area contributed by atoms with Gasteiger partial charge in [0, 0.05) is 11.8 Å². The Hall–Kier alpha value is -2.96. The van der Waals surface area contributed by atoms with Gasteiger partial charge in [-0.25, -0.2) is 4.39 Å². The molecule has 0 saturated carbocycles. The van der Waals surface area contributed by atoms with E-state index in [1.54, 1.807) is 6.07 Å². The highest BCUT2D eigenvalue weighted by Gasteiger charge is 2.14. The molecule has 0 aliphatic carbocycles. The molecule has 1 amide bonds. The third-order valence-corrected chi connectivity index (χ3v) is 2.55. The van der Waals surface area contributed by atoms with Crippen molar-refractivity contribution in [1.29, 1.82) is 0 Å². The van der Waals surface area contributed by atoms with Gasteiger partial charge in [-0.2, -0.15) is 0 Å². The minimum Gasteiger partial charge on any atom is -0.477 e. The Morgan fingerprint density at radius 2 is 1.86 bits per heavy atom. The number of nitrogens with one attached hydrogen (secondary N) is 1. The fourth-order valence-electron chi connectivity index (χ4n) is 1.60. The van der Waals surface area contributed by atoms with E-state index in [0.29, 0.717) is 5.69 Å². The van der Waals surface area contributed by atoms with Gasteiger partial charge in [0.15, 0.2) is 12.4 Å². The zero-order valence-corrected chi connectivity index (χ0v) is 10.8. The van der Waals surface area contributed by atoms with Gasteiger partial charge in [0.05, 0.1) is 4.92 Å². The van der Waals surface area contributed by atoms with Crippen LogP contribution in [0.3, 0.4) is 0 Å². The summed E-state index contributed by atoms with van der Waals surface area (Å²) in [5, 5.41) is 13.3. The second-order valence-electron chi connectivity index (χ2n) is 4.07. The molecule has 0 aliphatic rings. The molecule has 108 valence electrons. The molecule has 2 rings (SSSR count). The van der Waals surface area contributed by atoms with Crippen LogP contribution in [0.4, 0.5) is 15.8 Å². The van der Waals surface area contributed by atoms with Crippen molar-refractivity contribution in [2.45, 2.75) is 0 Å². The number of hydrogen-bond acceptors (Lipinski definition) is 4. The second kappa shape index (κ2) is 6.47. The van der Waals surface area contributed by atoms with Crippen LogP contribution in [0.5, 0.6) is 5.75 Å². The van der Waals surface area contributed by atoms with Crippen LogP contribution in [0.15, 0.2) is 48.5 Å². The highest BCUT2D eigenvalue weighted by molar-refractivity contribution is 5.91. The van der Waals surface area contributed by atoms with E-state index in [1.807, 2.05) is 0 Å². The normalized spacial score (nSPS) is 9.95. The molecule has 0 aromatic heterocycles. The molecule has 21 heavy (non-hydrogen) atoms. The quantitative estimate of drug-likeness (QED) is 0.678. The van der Waals surface area contributed by atoms with Crippen molar-refractivity contribution < 1.29 is 18.8 Å². The minimum atomic E-state index is -0.590. The van der Waals surface area contributed by atoms with Gasteiger partial charge in [-0.3, -0.25) is 14.9 Å². The number of hydrogen-bond donors (Lipinski definition) is 1. The molecule has 6 nitrogen and oxygen atoms in total. The van der Waals surface area contributed by atoms with E-state index in [0.717, 1.165) is 0 Å². The van der Waals surface area contributed by atoms with Crippen molar-refractivity contribution in [1.82, 2.24) is 0 Å². The van der Waals surface area contributed by atoms with Crippen molar-refractivity contribution in [2.75, 3.05) is 11.9 Å². The molecule has 0 spiro atoms. The largest absolute Gasteiger partial charge is 0.477 e. The first kappa shape index (κ1) is 14.4. The number of anilines is 1. The molecule has 0 unspecified atom stereocenters. The topological polar surface area (TPSA) is 81.5 Å². The summed E-state index contributed by atoms with van der Waals surface area (Å²) in [5.74, 6) is -0.902. The maximum atomic E-state index is 12.7. The third-order valence-electron chi connectivity index (χ3n) is 2.55. The second-order valence-corrected chi connectivity index (χ2v) is 4.07. The van der Waals surface area contributed by atoms with Gasteiger partial charge in [-0.1, -0.05) is 12.1 Å². The fraction of sp³-hybridized carbons (Fsp3) is 0.0714. The zero-order valence-electron chi connectivity index (χ0n) is 10.8. The van der Waals surface area contributed by atoms with E-state index in [9.17, 15) is 19.3 Å². The molecular weight excluding hydrogens is 279 g/mol. The summed E-state index contributed by atoms with van der Waals surface area (Å²) in [5.41, 5.74) is 0.194. The van der Waals surface area contributed by atoms with E-state index in [1.165, 1.54) is 42.5 Å². The van der Waals surface area contributed by atoms with Crippen molar-refractivity contribution in [3.05, 3.63) is 64.5 Å². The number of carbonyl (C=O) groups excluding carboxylic acids is 1. The maximum Gasteiger partial charge on any atom is 0.310 e. The number of ether oxygens (including phenoxy) is 1. The monoisotopic (exact) mass is 290 g/mol. The molecule has 0 aliphatic heterocycles. The van der Waals surface area contributed by atoms with Crippen LogP contribution in [0.1, 0.15) is 0 Å². The Morgan fingerprint density at radius 3 is 2.52 bits per heavy atom. The molecule has 2 aromatic rings. The molecule has 0 heterocycles. The molecular formula is C14H11FN2O4. The first-order valence-electron chi connectivity index (χ1n) is 5.98. The molecule has 2 aromatic carbocycles. The van der Waals surface area contributed by atoms with Crippen molar-refractivity contribution in [3.8, 4) is 5.75 Å². The summed E-state index contributed by atoms with van der Waals surface area (Å²) in [6.07, 6.45) is 0. The predicted octanol–water partition coefficient (Wildman–Crippen LogP) is 2.75. The Bertz CT molecular complexity index is 658. The van der Waals surface area contributed by atoms with Gasteiger partial charge < -0.3 is 10.1 Å². The highest BCUT2D eigenvalue weighted by Crippen LogP contribution is 2.25. The Morgan fingerprint density at radius 1 is 1.19 bits per heavy atom. The van der Waals surface area contributed by atoms with Gasteiger partial charge in [0.2, 0.25) is 0 Å². The summed E-state index contributed by atoms with van der Waals surface area (Å²) in [6.45, 7) is -0.387. The van der Waals surface area contributed by atoms with E-state index in [-0.39, 0.29) is 18.0 Å². The molecule has 0 saturated heterocycles. The van der Waals surface area contributed by atoms with Crippen LogP contribution in [0.25, 0.3) is 0 Å². The van der Waals surface area contributed by atoms with Gasteiger partial charge in [0.1, 0.15) is 5.82 Å². The number of nitro groups is 1. The van der Waals surface area contributed by atoms with Crippen molar-refractivity contribution in [3.63, 3.8) is 0 Å². The predicted molar refractivity (Wildman–Crippen MR) is 73.6 cm³/mol. The average Bonchev–Trinajstić information content (AvgIpc) is 2.48. The summed E-state index contributed by atoms with van der Waals surface area (Å²) < 4.78 is 17.8. The lowest BCUT2D eigenvalue weighted by Gasteiger charge is -2.07. The lowest BCUT2D eigenvalue weighted by atomic mass is 10.3. The van der Waals surface area contributed by atoms with Gasteiger partial charge >= 0.3 is 5.69 Å². The first-order valence-corrected chi connectivity index (χ1v) is 5.98. The molecule has 0 radical (unpaired) electrons. The number of carbonyl (C=O) groups is 1. The van der Waals surface area contributed by atoms with Gasteiger partial charge in [0.25, 0.3) is 5.91 Å². The van der Waals surface area contributed by atoms with Crippen LogP contribution >= 0.6 is 0 Å². The number of halogens is 1. The standard InChI is InChI=1S/C14H11FN2O4/c15-10-5-7-11(8-6-10)16-14(18)9-21-13-4-2-1-3-12(13)17(19)20/h1-8H,9H2,(H,16,18). The number of rotatable bonds is 5. The smallest absolute Gasteiger partial charge is 0.310 e. The Kier molecular flexibility index (Phi) is 4.45. The molecule has 0 atom stereocenters. The zero-order chi connectivity index (χ0) is 15.2. The fourth-order valence-corrected chi connectivity index (χ4v) is 1.60. The maximum absolute atomic E-state index is 12.7. The summed E-state index contributed by atoms with van der Waals surface area (Å²) in [4.78, 5) is 21.8. The van der Waals surface area contributed by atoms with Crippen LogP contribution in [0.2, 0.25) is 0 Å². The molecule has 7 heteroatoms. The van der Waals surface area contributed by atoms with Crippen LogP contribution in [-0.4, -0.2) is 17.4 Å². The number of amides is 1. The molecule has 1 N–H and O–H groups in total. The van der Waals surface area contributed by atoms with Gasteiger partial charge in [-0.15, -0.1) is 0 Å². The number of nitrogens with zero attached hydrogens (tertiary/aromatic N) is 1. The van der Waals surface area contributed by atoms with Crippen LogP contribution < -0.4 is 10.1 Å². The van der Waals surface area contributed by atoms with E-state index in [2.05, 4.69) is 5.32 Å². The minimum absolute atomic E-state index is 0.0109. The van der Waals surface area contributed by atoms with Crippen molar-refractivity contribution >= 4 is 17.3 Å². The molecule has 0 bridgehead atoms. The first-order chi connectivity index (χ1) is 10.1. The summed E-state index contributed by atoms with van der Waals surface area (Å²) in [6, 6.07) is 11.0. The SMILES string of the molecule is O=C(COc1ccccc1[N+](=O)[O-])Nc1ccc(F)cc1. The number of para-hydroxylation sites is 2. The van der Waals surface area contributed by atoms with E-state index < -0.39 is 16.6 Å². The van der Waals surface area contributed by atoms with Crippen molar-refractivity contribution in [2.24, 2.45) is 0 Å². The van der Waals surface area contributed by atoms with E-state index >= 15 is 0 Å². The Balaban J connectivity index is 1.95. The number of nitro benzene ring substituents is 1. The van der Waals surface area contributed by atoms with E-state index in [4.69, 9.17) is 4.74 Å². The Labute approximate surface area is 119 Å². The molecule has 0 fully saturated rings.